The second kappa shape index (κ2) is 6.53. The molecule has 0 saturated heterocycles. The molecule has 2 aromatic rings. The van der Waals surface area contributed by atoms with Crippen LogP contribution in [0.3, 0.4) is 0 Å². The molecule has 0 saturated carbocycles. The fraction of sp³-hybridized carbons (Fsp3) is 0.308. The molecule has 7 heteroatoms. The SMILES string of the molecule is CCCNc1ccc(S(=O)(=O)NCc2ccon2)cc1. The van der Waals surface area contributed by atoms with Gasteiger partial charge in [0.05, 0.1) is 17.1 Å². The van der Waals surface area contributed by atoms with Gasteiger partial charge in [0, 0.05) is 18.3 Å². The van der Waals surface area contributed by atoms with Crippen LogP contribution in [0, 0.1) is 0 Å². The molecular weight excluding hydrogens is 278 g/mol. The Morgan fingerprint density at radius 1 is 1.20 bits per heavy atom. The van der Waals surface area contributed by atoms with E-state index in [1.54, 1.807) is 30.3 Å². The molecule has 1 heterocycles. The number of anilines is 1. The summed E-state index contributed by atoms with van der Waals surface area (Å²) in [5.41, 5.74) is 1.44. The lowest BCUT2D eigenvalue weighted by Crippen LogP contribution is -2.23. The van der Waals surface area contributed by atoms with Gasteiger partial charge in [-0.3, -0.25) is 0 Å². The predicted molar refractivity (Wildman–Crippen MR) is 75.8 cm³/mol. The van der Waals surface area contributed by atoms with Crippen LogP contribution in [0.2, 0.25) is 0 Å². The molecule has 20 heavy (non-hydrogen) atoms. The van der Waals surface area contributed by atoms with Crippen LogP contribution >= 0.6 is 0 Å². The summed E-state index contributed by atoms with van der Waals surface area (Å²) in [7, 11) is -3.53. The maximum Gasteiger partial charge on any atom is 0.240 e. The number of nitrogens with one attached hydrogen (secondary N) is 2. The standard InChI is InChI=1S/C13H17N3O3S/c1-2-8-14-11-3-5-13(6-4-11)20(17,18)15-10-12-7-9-19-16-12/h3-7,9,14-15H,2,8,10H2,1H3. The van der Waals surface area contributed by atoms with Crippen LogP contribution in [-0.4, -0.2) is 20.1 Å². The molecular formula is C13H17N3O3S. The van der Waals surface area contributed by atoms with Crippen molar-refractivity contribution >= 4 is 15.7 Å². The van der Waals surface area contributed by atoms with Gasteiger partial charge in [-0.2, -0.15) is 0 Å². The first-order chi connectivity index (χ1) is 9.62. The Hall–Kier alpha value is -1.86. The quantitative estimate of drug-likeness (QED) is 0.816. The fourth-order valence-electron chi connectivity index (χ4n) is 1.60. The average Bonchev–Trinajstić information content (AvgIpc) is 2.97. The minimum atomic E-state index is -3.53. The number of sulfonamides is 1. The third kappa shape index (κ3) is 3.82. The van der Waals surface area contributed by atoms with Crippen molar-refractivity contribution in [2.75, 3.05) is 11.9 Å². The third-order valence-corrected chi connectivity index (χ3v) is 4.10. The van der Waals surface area contributed by atoms with E-state index in [-0.39, 0.29) is 11.4 Å². The highest BCUT2D eigenvalue weighted by Gasteiger charge is 2.14. The highest BCUT2D eigenvalue weighted by molar-refractivity contribution is 7.89. The third-order valence-electron chi connectivity index (χ3n) is 2.68. The Labute approximate surface area is 118 Å². The first-order valence-electron chi connectivity index (χ1n) is 6.34. The number of aromatic nitrogens is 1. The van der Waals surface area contributed by atoms with Crippen LogP contribution in [0.15, 0.2) is 46.0 Å². The molecule has 1 aromatic carbocycles. The molecule has 0 unspecified atom stereocenters. The van der Waals surface area contributed by atoms with Gasteiger partial charge in [0.25, 0.3) is 0 Å². The molecule has 0 aliphatic carbocycles. The lowest BCUT2D eigenvalue weighted by atomic mass is 10.3. The highest BCUT2D eigenvalue weighted by Crippen LogP contribution is 2.14. The van der Waals surface area contributed by atoms with E-state index in [0.717, 1.165) is 18.7 Å². The van der Waals surface area contributed by atoms with Gasteiger partial charge >= 0.3 is 0 Å². The molecule has 2 N–H and O–H groups in total. The molecule has 0 radical (unpaired) electrons. The van der Waals surface area contributed by atoms with Crippen molar-refractivity contribution in [3.05, 3.63) is 42.3 Å². The Bertz CT molecular complexity index is 621. The van der Waals surface area contributed by atoms with E-state index < -0.39 is 10.0 Å². The van der Waals surface area contributed by atoms with Gasteiger partial charge in [-0.15, -0.1) is 0 Å². The minimum Gasteiger partial charge on any atom is -0.385 e. The Morgan fingerprint density at radius 2 is 1.95 bits per heavy atom. The molecule has 0 aliphatic heterocycles. The Balaban J connectivity index is 2.01. The normalized spacial score (nSPS) is 11.4. The number of rotatable bonds is 7. The summed E-state index contributed by atoms with van der Waals surface area (Å²) >= 11 is 0. The topological polar surface area (TPSA) is 84.2 Å². The second-order valence-electron chi connectivity index (χ2n) is 4.27. The largest absolute Gasteiger partial charge is 0.385 e. The Kier molecular flexibility index (Phi) is 4.75. The molecule has 0 spiro atoms. The minimum absolute atomic E-state index is 0.106. The molecule has 1 aromatic heterocycles. The molecule has 108 valence electrons. The zero-order valence-electron chi connectivity index (χ0n) is 11.2. The van der Waals surface area contributed by atoms with Crippen LogP contribution < -0.4 is 10.0 Å². The molecule has 2 rings (SSSR count). The van der Waals surface area contributed by atoms with E-state index in [2.05, 4.69) is 26.6 Å². The monoisotopic (exact) mass is 295 g/mol. The molecule has 0 amide bonds. The van der Waals surface area contributed by atoms with Crippen molar-refractivity contribution in [1.29, 1.82) is 0 Å². The molecule has 6 nitrogen and oxygen atoms in total. The molecule has 0 atom stereocenters. The summed E-state index contributed by atoms with van der Waals surface area (Å²) < 4.78 is 31.2. The fourth-order valence-corrected chi connectivity index (χ4v) is 2.60. The number of hydrogen-bond donors (Lipinski definition) is 2. The summed E-state index contributed by atoms with van der Waals surface area (Å²) in [5.74, 6) is 0. The lowest BCUT2D eigenvalue weighted by molar-refractivity contribution is 0.411. The lowest BCUT2D eigenvalue weighted by Gasteiger charge is -2.07. The summed E-state index contributed by atoms with van der Waals surface area (Å²) in [6.07, 6.45) is 2.41. The number of hydrogen-bond acceptors (Lipinski definition) is 5. The first kappa shape index (κ1) is 14.5. The Morgan fingerprint density at radius 3 is 2.55 bits per heavy atom. The first-order valence-corrected chi connectivity index (χ1v) is 7.83. The molecule has 0 aliphatic rings. The van der Waals surface area contributed by atoms with Gasteiger partial charge in [-0.1, -0.05) is 12.1 Å². The van der Waals surface area contributed by atoms with E-state index in [4.69, 9.17) is 0 Å². The van der Waals surface area contributed by atoms with Crippen molar-refractivity contribution in [1.82, 2.24) is 9.88 Å². The number of nitrogens with zero attached hydrogens (tertiary/aromatic N) is 1. The van der Waals surface area contributed by atoms with E-state index in [9.17, 15) is 8.42 Å². The van der Waals surface area contributed by atoms with Crippen molar-refractivity contribution in [2.24, 2.45) is 0 Å². The van der Waals surface area contributed by atoms with Crippen LogP contribution in [0.4, 0.5) is 5.69 Å². The summed E-state index contributed by atoms with van der Waals surface area (Å²) in [6.45, 7) is 3.03. The van der Waals surface area contributed by atoms with E-state index in [1.807, 2.05) is 0 Å². The van der Waals surface area contributed by atoms with Crippen molar-refractivity contribution in [2.45, 2.75) is 24.8 Å². The second-order valence-corrected chi connectivity index (χ2v) is 6.03. The van der Waals surface area contributed by atoms with Crippen LogP contribution in [-0.2, 0) is 16.6 Å². The van der Waals surface area contributed by atoms with Gasteiger partial charge in [0.15, 0.2) is 0 Å². The van der Waals surface area contributed by atoms with Crippen LogP contribution in [0.25, 0.3) is 0 Å². The van der Waals surface area contributed by atoms with Crippen LogP contribution in [0.5, 0.6) is 0 Å². The molecule has 0 fully saturated rings. The zero-order chi connectivity index (χ0) is 14.4. The maximum absolute atomic E-state index is 12.1. The van der Waals surface area contributed by atoms with Crippen molar-refractivity contribution < 1.29 is 12.9 Å². The van der Waals surface area contributed by atoms with Crippen molar-refractivity contribution in [3.63, 3.8) is 0 Å². The van der Waals surface area contributed by atoms with Gasteiger partial charge in [0.2, 0.25) is 10.0 Å². The summed E-state index contributed by atoms with van der Waals surface area (Å²) in [4.78, 5) is 0.225. The smallest absolute Gasteiger partial charge is 0.240 e. The van der Waals surface area contributed by atoms with E-state index in [1.165, 1.54) is 6.26 Å². The number of benzene rings is 1. The molecule has 0 bridgehead atoms. The van der Waals surface area contributed by atoms with Crippen LogP contribution in [0.1, 0.15) is 19.0 Å². The van der Waals surface area contributed by atoms with Gasteiger partial charge in [-0.25, -0.2) is 13.1 Å². The maximum atomic E-state index is 12.1. The van der Waals surface area contributed by atoms with Crippen molar-refractivity contribution in [3.8, 4) is 0 Å². The van der Waals surface area contributed by atoms with Gasteiger partial charge in [0.1, 0.15) is 6.26 Å². The highest BCUT2D eigenvalue weighted by atomic mass is 32.2. The van der Waals surface area contributed by atoms with Gasteiger partial charge < -0.3 is 9.84 Å². The summed E-state index contributed by atoms with van der Waals surface area (Å²) in [6, 6.07) is 8.26. The van der Waals surface area contributed by atoms with E-state index >= 15 is 0 Å². The van der Waals surface area contributed by atoms with Gasteiger partial charge in [-0.05, 0) is 30.7 Å². The predicted octanol–water partition coefficient (Wildman–Crippen LogP) is 1.97. The summed E-state index contributed by atoms with van der Waals surface area (Å²) in [5, 5.41) is 6.84. The zero-order valence-corrected chi connectivity index (χ0v) is 12.0. The van der Waals surface area contributed by atoms with E-state index in [0.29, 0.717) is 5.69 Å². The average molecular weight is 295 g/mol.